The highest BCUT2D eigenvalue weighted by Gasteiger charge is 2.25. The number of aromatic nitrogens is 1. The van der Waals surface area contributed by atoms with Crippen molar-refractivity contribution >= 4 is 59.9 Å². The zero-order valence-electron chi connectivity index (χ0n) is 14.2. The number of carboxylic acids is 1. The summed E-state index contributed by atoms with van der Waals surface area (Å²) in [6, 6.07) is 0. The van der Waals surface area contributed by atoms with E-state index in [1.807, 2.05) is 0 Å². The van der Waals surface area contributed by atoms with Gasteiger partial charge in [-0.25, -0.2) is 19.4 Å². The van der Waals surface area contributed by atoms with Gasteiger partial charge in [-0.2, -0.15) is 0 Å². The largest absolute Gasteiger partial charge is 0.541 e. The number of hydrogen-bond donors (Lipinski definition) is 2. The molecule has 1 amide bonds. The van der Waals surface area contributed by atoms with Crippen LogP contribution in [0.4, 0.5) is 9.93 Å². The average molecular weight is 404 g/mol. The predicted octanol–water partition coefficient (Wildman–Crippen LogP) is 1.96. The maximum Gasteiger partial charge on any atom is 0.413 e. The van der Waals surface area contributed by atoms with Gasteiger partial charge in [-0.05, 0) is 27.7 Å². The van der Waals surface area contributed by atoms with Crippen LogP contribution in [0.25, 0.3) is 0 Å². The molecule has 2 radical (unpaired) electrons. The van der Waals surface area contributed by atoms with E-state index in [1.165, 1.54) is 6.92 Å². The molecule has 0 saturated heterocycles. The molecular formula is C13H15BClN3O7S. The normalized spacial score (nSPS) is 12.9. The van der Waals surface area contributed by atoms with Crippen molar-refractivity contribution in [2.24, 2.45) is 5.16 Å². The van der Waals surface area contributed by atoms with E-state index in [1.54, 1.807) is 20.8 Å². The number of carboxylic acid groups (broad SMARTS) is 1. The minimum atomic E-state index is -1.52. The van der Waals surface area contributed by atoms with Crippen LogP contribution in [0.3, 0.4) is 0 Å². The molecule has 1 heterocycles. The summed E-state index contributed by atoms with van der Waals surface area (Å²) in [6.07, 6.45) is -2.05. The summed E-state index contributed by atoms with van der Waals surface area (Å²) in [5.41, 5.74) is -1.67. The second kappa shape index (κ2) is 8.85. The van der Waals surface area contributed by atoms with Crippen molar-refractivity contribution in [1.82, 2.24) is 4.98 Å². The lowest BCUT2D eigenvalue weighted by Crippen LogP contribution is -2.27. The molecule has 0 unspecified atom stereocenters. The molecule has 0 aliphatic carbocycles. The van der Waals surface area contributed by atoms with E-state index in [4.69, 9.17) is 21.2 Å². The van der Waals surface area contributed by atoms with Crippen molar-refractivity contribution in [3.63, 3.8) is 0 Å². The Bertz CT molecular complexity index is 732. The Morgan fingerprint density at radius 3 is 2.50 bits per heavy atom. The Kier molecular flexibility index (Phi) is 7.39. The SMILES string of the molecule is [B]OC(=O)[C@@H](C)ON=C(C(=O)O)c1nc(NC(=O)OC(C)(C)C)sc1Cl. The number of nitrogens with zero attached hydrogens (tertiary/aromatic N) is 2. The Labute approximate surface area is 158 Å². The number of carbonyl (C=O) groups excluding carboxylic acids is 2. The van der Waals surface area contributed by atoms with Gasteiger partial charge in [0.1, 0.15) is 15.6 Å². The van der Waals surface area contributed by atoms with Crippen LogP contribution < -0.4 is 5.32 Å². The van der Waals surface area contributed by atoms with Gasteiger partial charge in [0.2, 0.25) is 11.8 Å². The van der Waals surface area contributed by atoms with Gasteiger partial charge in [-0.1, -0.05) is 28.1 Å². The molecule has 26 heavy (non-hydrogen) atoms. The number of aliphatic carboxylic acids is 1. The molecule has 1 aromatic rings. The van der Waals surface area contributed by atoms with Gasteiger partial charge in [0.25, 0.3) is 0 Å². The first-order valence-electron chi connectivity index (χ1n) is 6.99. The van der Waals surface area contributed by atoms with Gasteiger partial charge in [-0.15, -0.1) is 0 Å². The van der Waals surface area contributed by atoms with Crippen LogP contribution in [-0.4, -0.2) is 53.6 Å². The third-order valence-electron chi connectivity index (χ3n) is 2.37. The summed E-state index contributed by atoms with van der Waals surface area (Å²) in [4.78, 5) is 42.9. The van der Waals surface area contributed by atoms with Gasteiger partial charge in [0.05, 0.1) is 0 Å². The van der Waals surface area contributed by atoms with Gasteiger partial charge >= 0.3 is 26.1 Å². The van der Waals surface area contributed by atoms with Crippen molar-refractivity contribution in [3.8, 4) is 0 Å². The molecule has 1 atom stereocenters. The molecule has 140 valence electrons. The highest BCUT2D eigenvalue weighted by molar-refractivity contribution is 7.20. The molecule has 1 aromatic heterocycles. The molecule has 13 heteroatoms. The van der Waals surface area contributed by atoms with E-state index < -0.39 is 35.4 Å². The number of nitrogens with one attached hydrogen (secondary N) is 1. The first-order valence-corrected chi connectivity index (χ1v) is 8.18. The van der Waals surface area contributed by atoms with Crippen LogP contribution in [-0.2, 0) is 23.8 Å². The molecule has 1 rings (SSSR count). The fourth-order valence-corrected chi connectivity index (χ4v) is 2.38. The van der Waals surface area contributed by atoms with E-state index in [-0.39, 0.29) is 15.2 Å². The van der Waals surface area contributed by atoms with Crippen LogP contribution >= 0.6 is 22.9 Å². The fourth-order valence-electron chi connectivity index (χ4n) is 1.35. The summed E-state index contributed by atoms with van der Waals surface area (Å²) in [5, 5.41) is 14.9. The number of amides is 1. The maximum absolute atomic E-state index is 11.7. The van der Waals surface area contributed by atoms with E-state index in [9.17, 15) is 19.5 Å². The summed E-state index contributed by atoms with van der Waals surface area (Å²) < 4.78 is 8.92. The molecule has 0 aliphatic heterocycles. The number of hydrogen-bond acceptors (Lipinski definition) is 9. The molecular weight excluding hydrogens is 388 g/mol. The summed E-state index contributed by atoms with van der Waals surface area (Å²) >= 11 is 6.75. The van der Waals surface area contributed by atoms with E-state index in [0.717, 1.165) is 11.3 Å². The van der Waals surface area contributed by atoms with Gasteiger partial charge in [0.15, 0.2) is 5.13 Å². The summed E-state index contributed by atoms with van der Waals surface area (Å²) in [5.74, 6) is -2.48. The Morgan fingerprint density at radius 2 is 2.00 bits per heavy atom. The number of ether oxygens (including phenoxy) is 1. The standard InChI is InChI=1S/C13H15BClN3O7S/c1-5(10(21)24-14)25-18-7(9(19)20)6-8(15)26-11(16-6)17-12(22)23-13(2,3)4/h5H,1-4H3,(H,19,20)(H,16,17,22)/t5-/m1/s1. The van der Waals surface area contributed by atoms with Crippen molar-refractivity contribution < 1.29 is 33.7 Å². The topological polar surface area (TPSA) is 136 Å². The quantitative estimate of drug-likeness (QED) is 0.418. The number of thiazole rings is 1. The molecule has 0 bridgehead atoms. The molecule has 0 aromatic carbocycles. The lowest BCUT2D eigenvalue weighted by molar-refractivity contribution is -0.146. The monoisotopic (exact) mass is 403 g/mol. The molecule has 0 saturated carbocycles. The minimum Gasteiger partial charge on any atom is -0.541 e. The fraction of sp³-hybridized carbons (Fsp3) is 0.462. The third kappa shape index (κ3) is 6.52. The van der Waals surface area contributed by atoms with Gasteiger partial charge < -0.3 is 19.3 Å². The molecule has 0 spiro atoms. The number of rotatable bonds is 6. The zero-order valence-corrected chi connectivity index (χ0v) is 15.8. The predicted molar refractivity (Wildman–Crippen MR) is 93.5 cm³/mol. The van der Waals surface area contributed by atoms with Crippen LogP contribution in [0, 0.1) is 0 Å². The van der Waals surface area contributed by atoms with Crippen molar-refractivity contribution in [2.45, 2.75) is 39.4 Å². The Morgan fingerprint density at radius 1 is 1.38 bits per heavy atom. The zero-order chi connectivity index (χ0) is 20.1. The number of halogens is 1. The summed E-state index contributed by atoms with van der Waals surface area (Å²) in [7, 11) is 4.69. The smallest absolute Gasteiger partial charge is 0.413 e. The number of oxime groups is 1. The van der Waals surface area contributed by atoms with Crippen LogP contribution in [0.2, 0.25) is 4.34 Å². The van der Waals surface area contributed by atoms with Gasteiger partial charge in [-0.3, -0.25) is 5.32 Å². The second-order valence-corrected chi connectivity index (χ2v) is 7.30. The Balaban J connectivity index is 3.00. The van der Waals surface area contributed by atoms with E-state index in [0.29, 0.717) is 0 Å². The van der Waals surface area contributed by atoms with Crippen molar-refractivity contribution in [1.29, 1.82) is 0 Å². The summed E-state index contributed by atoms with van der Waals surface area (Å²) in [6.45, 7) is 6.27. The highest BCUT2D eigenvalue weighted by atomic mass is 35.5. The minimum absolute atomic E-state index is 0.0115. The maximum atomic E-state index is 11.7. The molecule has 0 fully saturated rings. The van der Waals surface area contributed by atoms with Gasteiger partial charge in [0, 0.05) is 0 Å². The van der Waals surface area contributed by atoms with Crippen molar-refractivity contribution in [3.05, 3.63) is 10.0 Å². The molecule has 0 aliphatic rings. The van der Waals surface area contributed by atoms with E-state index in [2.05, 4.69) is 28.2 Å². The lowest BCUT2D eigenvalue weighted by Gasteiger charge is -2.18. The third-order valence-corrected chi connectivity index (χ3v) is 3.54. The molecule has 2 N–H and O–H groups in total. The number of carbonyl (C=O) groups is 3. The Hall–Kier alpha value is -2.34. The molecule has 10 nitrogen and oxygen atoms in total. The second-order valence-electron chi connectivity index (χ2n) is 5.70. The number of anilines is 1. The first-order chi connectivity index (χ1) is 11.9. The van der Waals surface area contributed by atoms with Crippen molar-refractivity contribution in [2.75, 3.05) is 5.32 Å². The van der Waals surface area contributed by atoms with E-state index >= 15 is 0 Å². The highest BCUT2D eigenvalue weighted by Crippen LogP contribution is 2.29. The van der Waals surface area contributed by atoms with Crippen LogP contribution in [0.1, 0.15) is 33.4 Å². The first kappa shape index (κ1) is 21.7. The van der Waals surface area contributed by atoms with Crippen LogP contribution in [0.5, 0.6) is 0 Å². The van der Waals surface area contributed by atoms with Crippen LogP contribution in [0.15, 0.2) is 5.16 Å². The average Bonchev–Trinajstić information content (AvgIpc) is 2.84. The lowest BCUT2D eigenvalue weighted by atomic mass is 10.2.